The van der Waals surface area contributed by atoms with E-state index in [0.717, 1.165) is 5.75 Å². The van der Waals surface area contributed by atoms with E-state index in [1.165, 1.54) is 36.9 Å². The summed E-state index contributed by atoms with van der Waals surface area (Å²) in [5, 5.41) is 0. The first-order chi connectivity index (χ1) is 9.21. The molecule has 0 radical (unpaired) electrons. The molecule has 3 rings (SSSR count). The molecule has 0 spiro atoms. The Labute approximate surface area is 116 Å². The summed E-state index contributed by atoms with van der Waals surface area (Å²) in [5.41, 5.74) is 3.15. The van der Waals surface area contributed by atoms with Crippen LogP contribution in [0.4, 0.5) is 0 Å². The van der Waals surface area contributed by atoms with Crippen molar-refractivity contribution in [2.75, 3.05) is 14.2 Å². The number of fused-ring (bicyclic) bond motifs is 2. The smallest absolute Gasteiger partial charge is 0.119 e. The highest BCUT2D eigenvalue weighted by Gasteiger charge is 2.49. The molecule has 0 aromatic heterocycles. The second-order valence-corrected chi connectivity index (χ2v) is 5.85. The van der Waals surface area contributed by atoms with Gasteiger partial charge < -0.3 is 9.64 Å². The molecule has 2 heteroatoms. The van der Waals surface area contributed by atoms with E-state index in [1.807, 2.05) is 6.07 Å². The summed E-state index contributed by atoms with van der Waals surface area (Å²) in [5.74, 6) is 0.971. The average molecular weight is 257 g/mol. The van der Waals surface area contributed by atoms with Crippen LogP contribution in [0.15, 0.2) is 36.0 Å². The SMILES string of the molecule is CC=C1N(C)C2CCCC1(c1cccc(OC)c1)C2. The number of ether oxygens (including phenoxy) is 1. The minimum absolute atomic E-state index is 0.223. The van der Waals surface area contributed by atoms with Gasteiger partial charge in [-0.3, -0.25) is 0 Å². The lowest BCUT2D eigenvalue weighted by molar-refractivity contribution is 0.303. The van der Waals surface area contributed by atoms with Crippen LogP contribution in [0.1, 0.15) is 38.2 Å². The van der Waals surface area contributed by atoms with Crippen LogP contribution >= 0.6 is 0 Å². The lowest BCUT2D eigenvalue weighted by Crippen LogP contribution is -2.28. The van der Waals surface area contributed by atoms with Crippen molar-refractivity contribution in [1.29, 1.82) is 0 Å². The van der Waals surface area contributed by atoms with Gasteiger partial charge in [0.15, 0.2) is 0 Å². The Bertz CT molecular complexity index is 508. The zero-order valence-electron chi connectivity index (χ0n) is 12.1. The number of rotatable bonds is 2. The molecule has 19 heavy (non-hydrogen) atoms. The number of allylic oxidation sites excluding steroid dienone is 2. The van der Waals surface area contributed by atoms with E-state index in [1.54, 1.807) is 7.11 Å². The van der Waals surface area contributed by atoms with E-state index in [-0.39, 0.29) is 5.41 Å². The molecule has 2 nitrogen and oxygen atoms in total. The third-order valence-corrected chi connectivity index (χ3v) is 5.04. The maximum atomic E-state index is 5.41. The maximum absolute atomic E-state index is 5.41. The number of methoxy groups -OCH3 is 1. The van der Waals surface area contributed by atoms with Crippen molar-refractivity contribution in [2.24, 2.45) is 0 Å². The van der Waals surface area contributed by atoms with Crippen LogP contribution in [0.5, 0.6) is 5.75 Å². The number of likely N-dealkylation sites (N-methyl/N-ethyl adjacent to an activating group) is 1. The van der Waals surface area contributed by atoms with Crippen molar-refractivity contribution in [2.45, 2.75) is 44.1 Å². The van der Waals surface area contributed by atoms with Gasteiger partial charge in [-0.1, -0.05) is 24.6 Å². The Morgan fingerprint density at radius 2 is 2.26 bits per heavy atom. The number of nitrogens with zero attached hydrogens (tertiary/aromatic N) is 1. The summed E-state index contributed by atoms with van der Waals surface area (Å²) in [7, 11) is 4.01. The predicted octanol–water partition coefficient (Wildman–Crippen LogP) is 3.72. The molecule has 0 N–H and O–H groups in total. The van der Waals surface area contributed by atoms with Gasteiger partial charge in [-0.2, -0.15) is 0 Å². The summed E-state index contributed by atoms with van der Waals surface area (Å²) in [4.78, 5) is 2.51. The average Bonchev–Trinajstić information content (AvgIpc) is 2.66. The van der Waals surface area contributed by atoms with Gasteiger partial charge in [0.05, 0.1) is 7.11 Å². The van der Waals surface area contributed by atoms with E-state index in [9.17, 15) is 0 Å². The van der Waals surface area contributed by atoms with Gasteiger partial charge in [0.1, 0.15) is 5.75 Å². The molecular formula is C17H23NO. The summed E-state index contributed by atoms with van der Waals surface area (Å²) in [6.45, 7) is 2.18. The normalized spacial score (nSPS) is 31.8. The third-order valence-electron chi connectivity index (χ3n) is 5.04. The van der Waals surface area contributed by atoms with Crippen molar-refractivity contribution < 1.29 is 4.74 Å². The van der Waals surface area contributed by atoms with Crippen molar-refractivity contribution in [3.8, 4) is 5.75 Å². The topological polar surface area (TPSA) is 12.5 Å². The second kappa shape index (κ2) is 4.59. The Hall–Kier alpha value is -1.44. The molecule has 2 aliphatic rings. The van der Waals surface area contributed by atoms with Crippen LogP contribution in [0, 0.1) is 0 Å². The van der Waals surface area contributed by atoms with Gasteiger partial charge in [0.25, 0.3) is 0 Å². The Morgan fingerprint density at radius 3 is 3.00 bits per heavy atom. The quantitative estimate of drug-likeness (QED) is 0.800. The lowest BCUT2D eigenvalue weighted by Gasteiger charge is -2.33. The van der Waals surface area contributed by atoms with Crippen LogP contribution in [-0.4, -0.2) is 25.1 Å². The molecule has 102 valence electrons. The first-order valence-electron chi connectivity index (χ1n) is 7.25. The zero-order chi connectivity index (χ0) is 13.5. The molecule has 0 amide bonds. The van der Waals surface area contributed by atoms with Gasteiger partial charge >= 0.3 is 0 Å². The fourth-order valence-electron chi connectivity index (χ4n) is 4.15. The Balaban J connectivity index is 2.10. The molecule has 1 aliphatic heterocycles. The molecule has 1 aromatic rings. The van der Waals surface area contributed by atoms with E-state index >= 15 is 0 Å². The van der Waals surface area contributed by atoms with Crippen molar-refractivity contribution in [1.82, 2.24) is 4.90 Å². The fraction of sp³-hybridized carbons (Fsp3) is 0.529. The molecule has 2 fully saturated rings. The number of benzene rings is 1. The highest BCUT2D eigenvalue weighted by molar-refractivity contribution is 5.43. The second-order valence-electron chi connectivity index (χ2n) is 5.85. The number of hydrogen-bond acceptors (Lipinski definition) is 2. The first-order valence-corrected chi connectivity index (χ1v) is 7.25. The third kappa shape index (κ3) is 1.77. The summed E-state index contributed by atoms with van der Waals surface area (Å²) in [6.07, 6.45) is 7.49. The molecule has 1 saturated heterocycles. The summed E-state index contributed by atoms with van der Waals surface area (Å²) >= 11 is 0. The maximum Gasteiger partial charge on any atom is 0.119 e. The highest BCUT2D eigenvalue weighted by Crippen LogP contribution is 2.53. The van der Waals surface area contributed by atoms with Crippen molar-refractivity contribution >= 4 is 0 Å². The van der Waals surface area contributed by atoms with Crippen LogP contribution in [-0.2, 0) is 5.41 Å². The monoisotopic (exact) mass is 257 g/mol. The number of hydrogen-bond donors (Lipinski definition) is 0. The van der Waals surface area contributed by atoms with Crippen LogP contribution < -0.4 is 4.74 Å². The molecule has 2 unspecified atom stereocenters. The van der Waals surface area contributed by atoms with Crippen molar-refractivity contribution in [3.05, 3.63) is 41.6 Å². The Morgan fingerprint density at radius 1 is 1.42 bits per heavy atom. The van der Waals surface area contributed by atoms with Gasteiger partial charge in [-0.05, 0) is 43.9 Å². The van der Waals surface area contributed by atoms with E-state index in [4.69, 9.17) is 4.74 Å². The van der Waals surface area contributed by atoms with Crippen LogP contribution in [0.25, 0.3) is 0 Å². The number of likely N-dealkylation sites (tertiary alicyclic amines) is 1. The van der Waals surface area contributed by atoms with Crippen LogP contribution in [0.3, 0.4) is 0 Å². The van der Waals surface area contributed by atoms with Gasteiger partial charge in [-0.15, -0.1) is 0 Å². The zero-order valence-corrected chi connectivity index (χ0v) is 12.1. The molecule has 1 aromatic carbocycles. The largest absolute Gasteiger partial charge is 0.497 e. The highest BCUT2D eigenvalue weighted by atomic mass is 16.5. The first kappa shape index (κ1) is 12.6. The van der Waals surface area contributed by atoms with E-state index < -0.39 is 0 Å². The molecule has 2 bridgehead atoms. The molecule has 1 aliphatic carbocycles. The van der Waals surface area contributed by atoms with Gasteiger partial charge in [0.2, 0.25) is 0 Å². The summed E-state index contributed by atoms with van der Waals surface area (Å²) in [6, 6.07) is 9.37. The Kier molecular flexibility index (Phi) is 3.04. The minimum Gasteiger partial charge on any atom is -0.497 e. The fourth-order valence-corrected chi connectivity index (χ4v) is 4.15. The molecular weight excluding hydrogens is 234 g/mol. The summed E-state index contributed by atoms with van der Waals surface area (Å²) < 4.78 is 5.41. The predicted molar refractivity (Wildman–Crippen MR) is 78.4 cm³/mol. The molecule has 1 heterocycles. The lowest BCUT2D eigenvalue weighted by atomic mass is 9.69. The minimum atomic E-state index is 0.223. The van der Waals surface area contributed by atoms with E-state index in [0.29, 0.717) is 6.04 Å². The standard InChI is InChI=1S/C17H23NO/c1-4-16-17(10-6-8-14(12-17)18(16)2)13-7-5-9-15(11-13)19-3/h4-5,7,9,11,14H,6,8,10,12H2,1-3H3. The van der Waals surface area contributed by atoms with Crippen molar-refractivity contribution in [3.63, 3.8) is 0 Å². The van der Waals surface area contributed by atoms with E-state index in [2.05, 4.69) is 43.1 Å². The molecule has 1 saturated carbocycles. The van der Waals surface area contributed by atoms with Gasteiger partial charge in [-0.25, -0.2) is 0 Å². The van der Waals surface area contributed by atoms with Gasteiger partial charge in [0, 0.05) is 24.2 Å². The van der Waals surface area contributed by atoms with Crippen LogP contribution in [0.2, 0.25) is 0 Å². The molecule has 2 atom stereocenters.